The predicted octanol–water partition coefficient (Wildman–Crippen LogP) is 2.98. The lowest BCUT2D eigenvalue weighted by Crippen LogP contribution is -2.24. The minimum atomic E-state index is -1.99. The van der Waals surface area contributed by atoms with Crippen molar-refractivity contribution in [1.29, 1.82) is 0 Å². The third-order valence-corrected chi connectivity index (χ3v) is 7.90. The summed E-state index contributed by atoms with van der Waals surface area (Å²) < 4.78 is 0. The van der Waals surface area contributed by atoms with E-state index in [-0.39, 0.29) is 5.12 Å². The first-order valence-corrected chi connectivity index (χ1v) is 9.07. The second-order valence-corrected chi connectivity index (χ2v) is 8.97. The molecule has 0 heterocycles. The van der Waals surface area contributed by atoms with Gasteiger partial charge in [-0.3, -0.25) is 12.4 Å². The van der Waals surface area contributed by atoms with Crippen molar-refractivity contribution in [3.63, 3.8) is 0 Å². The molecule has 0 saturated carbocycles. The van der Waals surface area contributed by atoms with Crippen molar-refractivity contribution in [2.24, 2.45) is 0 Å². The monoisotopic (exact) mass is 285 g/mol. The summed E-state index contributed by atoms with van der Waals surface area (Å²) >= 11 is 1.31. The summed E-state index contributed by atoms with van der Waals surface area (Å²) in [5.41, 5.74) is 0.649. The van der Waals surface area contributed by atoms with Crippen LogP contribution in [0.15, 0.2) is 60.7 Å². The van der Waals surface area contributed by atoms with Gasteiger partial charge in [0, 0.05) is 17.5 Å². The van der Waals surface area contributed by atoms with E-state index in [1.165, 1.54) is 11.8 Å². The Morgan fingerprint density at radius 1 is 1.00 bits per heavy atom. The van der Waals surface area contributed by atoms with Gasteiger partial charge in [0.15, 0.2) is 5.12 Å². The Morgan fingerprint density at radius 2 is 1.42 bits per heavy atom. The average molecular weight is 285 g/mol. The lowest BCUT2D eigenvalue weighted by Gasteiger charge is -2.36. The molecule has 0 bridgehead atoms. The van der Waals surface area contributed by atoms with E-state index in [0.717, 1.165) is 10.6 Å². The van der Waals surface area contributed by atoms with Gasteiger partial charge in [0.25, 0.3) is 0 Å². The molecule has 2 aromatic carbocycles. The third kappa shape index (κ3) is 3.49. The second-order valence-electron chi connectivity index (χ2n) is 4.30. The zero-order chi connectivity index (χ0) is 13.7. The fourth-order valence-corrected chi connectivity index (χ4v) is 6.32. The summed E-state index contributed by atoms with van der Waals surface area (Å²) in [5, 5.41) is 2.38. The van der Waals surface area contributed by atoms with E-state index >= 15 is 0 Å². The van der Waals surface area contributed by atoms with Gasteiger partial charge in [0.2, 0.25) is 0 Å². The molecule has 0 unspecified atom stereocenters. The molecular weight excluding hydrogens is 270 g/mol. The first-order valence-electron chi connectivity index (χ1n) is 6.04. The molecule has 0 spiro atoms. The molecule has 0 saturated heterocycles. The SMILES string of the molecule is [B-][P+](CSC(C)=O)(c1ccccc1)c1ccccc1. The Labute approximate surface area is 120 Å². The number of rotatable bonds is 4. The van der Waals surface area contributed by atoms with Crippen molar-refractivity contribution in [2.75, 3.05) is 5.49 Å². The van der Waals surface area contributed by atoms with Gasteiger partial charge in [-0.1, -0.05) is 48.2 Å². The smallest absolute Gasteiger partial charge is 0.189 e. The Bertz CT molecular complexity index is 505. The van der Waals surface area contributed by atoms with Crippen LogP contribution in [0.2, 0.25) is 0 Å². The van der Waals surface area contributed by atoms with Crippen molar-refractivity contribution < 1.29 is 4.79 Å². The van der Waals surface area contributed by atoms with E-state index < -0.39 is 7.14 Å². The molecule has 0 aliphatic rings. The Hall–Kier alpha value is -1.05. The maximum absolute atomic E-state index is 11.3. The molecule has 3 radical (unpaired) electrons. The summed E-state index contributed by atoms with van der Waals surface area (Å²) in [6.07, 6.45) is 0. The first-order chi connectivity index (χ1) is 9.13. The van der Waals surface area contributed by atoms with Gasteiger partial charge in [-0.2, -0.15) is 7.14 Å². The van der Waals surface area contributed by atoms with E-state index in [0.29, 0.717) is 5.49 Å². The standard InChI is InChI=1S/C15H15BOPS/c1-13(17)19-12-18(16,14-8-4-2-5-9-14)15-10-6-3-7-11-15/h2-11H,12H2,1H3. The number of thioether (sulfide) groups is 1. The fraction of sp³-hybridized carbons (Fsp3) is 0.133. The van der Waals surface area contributed by atoms with Crippen LogP contribution in [-0.4, -0.2) is 18.2 Å². The minimum absolute atomic E-state index is 0.113. The molecule has 95 valence electrons. The van der Waals surface area contributed by atoms with Gasteiger partial charge >= 0.3 is 0 Å². The van der Waals surface area contributed by atoms with Crippen LogP contribution in [0, 0.1) is 0 Å². The van der Waals surface area contributed by atoms with E-state index in [1.807, 2.05) is 36.4 Å². The number of carbonyl (C=O) groups excluding carboxylic acids is 1. The molecule has 0 aromatic heterocycles. The van der Waals surface area contributed by atoms with Crippen LogP contribution in [0.5, 0.6) is 0 Å². The summed E-state index contributed by atoms with van der Waals surface area (Å²) in [5.74, 6) is 0. The van der Waals surface area contributed by atoms with Crippen molar-refractivity contribution in [1.82, 2.24) is 0 Å². The Balaban J connectivity index is 2.41. The zero-order valence-corrected chi connectivity index (χ0v) is 12.5. The Morgan fingerprint density at radius 3 is 1.79 bits per heavy atom. The predicted molar refractivity (Wildman–Crippen MR) is 88.0 cm³/mol. The highest BCUT2D eigenvalue weighted by Gasteiger charge is 2.24. The molecule has 0 amide bonds. The summed E-state index contributed by atoms with van der Waals surface area (Å²) in [7, 11) is 4.74. The van der Waals surface area contributed by atoms with Crippen LogP contribution in [0.1, 0.15) is 6.92 Å². The number of carbonyl (C=O) groups is 1. The van der Waals surface area contributed by atoms with Gasteiger partial charge in [0.1, 0.15) is 0 Å². The van der Waals surface area contributed by atoms with Gasteiger partial charge < -0.3 is 0 Å². The van der Waals surface area contributed by atoms with Gasteiger partial charge in [0.05, 0.1) is 5.49 Å². The molecule has 0 N–H and O–H groups in total. The van der Waals surface area contributed by atoms with Crippen molar-refractivity contribution in [3.05, 3.63) is 60.7 Å². The van der Waals surface area contributed by atoms with E-state index in [1.54, 1.807) is 6.92 Å². The number of benzene rings is 2. The van der Waals surface area contributed by atoms with Gasteiger partial charge in [-0.05, 0) is 24.3 Å². The van der Waals surface area contributed by atoms with Gasteiger partial charge in [-0.15, -0.1) is 0 Å². The molecule has 0 aliphatic heterocycles. The zero-order valence-electron chi connectivity index (χ0n) is 10.8. The molecule has 2 rings (SSSR count). The highest BCUT2D eigenvalue weighted by molar-refractivity contribution is 8.25. The number of hydrogen-bond acceptors (Lipinski definition) is 2. The molecule has 4 heteroatoms. The van der Waals surface area contributed by atoms with Crippen LogP contribution in [0.4, 0.5) is 0 Å². The quantitative estimate of drug-likeness (QED) is 0.634. The van der Waals surface area contributed by atoms with Crippen LogP contribution in [0.3, 0.4) is 0 Å². The van der Waals surface area contributed by atoms with Crippen LogP contribution in [0.25, 0.3) is 0 Å². The average Bonchev–Trinajstić information content (AvgIpc) is 2.46. The second kappa shape index (κ2) is 6.41. The van der Waals surface area contributed by atoms with E-state index in [9.17, 15) is 4.79 Å². The van der Waals surface area contributed by atoms with Gasteiger partial charge in [-0.25, -0.2) is 0 Å². The maximum Gasteiger partial charge on any atom is 0.189 e. The van der Waals surface area contributed by atoms with E-state index in [2.05, 4.69) is 24.3 Å². The third-order valence-electron chi connectivity index (χ3n) is 2.91. The molecular formula is C15H15BOPS. The lowest BCUT2D eigenvalue weighted by molar-refractivity contribution is -0.109. The van der Waals surface area contributed by atoms with Crippen LogP contribution in [-0.2, 0) is 4.79 Å². The summed E-state index contributed by atoms with van der Waals surface area (Å²) in [4.78, 5) is 11.3. The molecule has 0 aliphatic carbocycles. The molecule has 2 aromatic rings. The molecule has 1 nitrogen and oxygen atoms in total. The lowest BCUT2D eigenvalue weighted by atomic mass is 10.4. The normalized spacial score (nSPS) is 11.3. The molecule has 0 fully saturated rings. The highest BCUT2D eigenvalue weighted by Crippen LogP contribution is 2.53. The van der Waals surface area contributed by atoms with Crippen LogP contribution < -0.4 is 10.6 Å². The fourth-order valence-electron chi connectivity index (χ4n) is 1.88. The molecule has 19 heavy (non-hydrogen) atoms. The topological polar surface area (TPSA) is 17.1 Å². The van der Waals surface area contributed by atoms with Crippen molar-refractivity contribution in [3.8, 4) is 0 Å². The molecule has 0 atom stereocenters. The first kappa shape index (κ1) is 14.4. The van der Waals surface area contributed by atoms with E-state index in [4.69, 9.17) is 7.57 Å². The minimum Gasteiger partial charge on any atom is -0.291 e. The van der Waals surface area contributed by atoms with Crippen molar-refractivity contribution >= 4 is 42.2 Å². The number of hydrogen-bond donors (Lipinski definition) is 0. The maximum atomic E-state index is 11.3. The Kier molecular flexibility index (Phi) is 4.84. The summed E-state index contributed by atoms with van der Waals surface area (Å²) in [6.45, 7) is 1.59. The van der Waals surface area contributed by atoms with Crippen molar-refractivity contribution in [2.45, 2.75) is 6.92 Å². The van der Waals surface area contributed by atoms with Crippen LogP contribution >= 0.6 is 18.9 Å². The highest BCUT2D eigenvalue weighted by atomic mass is 32.2. The largest absolute Gasteiger partial charge is 0.291 e. The summed E-state index contributed by atoms with van der Waals surface area (Å²) in [6, 6.07) is 20.2.